The Labute approximate surface area is 132 Å². The molecule has 0 aliphatic rings. The number of carbonyl (C=O) groups is 2. The van der Waals surface area contributed by atoms with Gasteiger partial charge in [0.05, 0.1) is 17.8 Å². The topological polar surface area (TPSA) is 46.2 Å². The average Bonchev–Trinajstić information content (AvgIpc) is 3.12. The zero-order chi connectivity index (χ0) is 16.2. The number of hydrogen-bond donors (Lipinski definition) is 1. The van der Waals surface area contributed by atoms with Gasteiger partial charge in [0.15, 0.2) is 0 Å². The molecule has 0 aliphatic carbocycles. The number of halogens is 3. The van der Waals surface area contributed by atoms with Gasteiger partial charge in [0.25, 0.3) is 0 Å². The molecule has 118 valence electrons. The predicted octanol–water partition coefficient (Wildman–Crippen LogP) is 4.00. The van der Waals surface area contributed by atoms with E-state index in [1.54, 1.807) is 23.6 Å². The maximum Gasteiger partial charge on any atom is 0.389 e. The second-order valence-electron chi connectivity index (χ2n) is 4.50. The maximum absolute atomic E-state index is 12.1. The van der Waals surface area contributed by atoms with Gasteiger partial charge in [-0.05, 0) is 23.6 Å². The fourth-order valence-corrected chi connectivity index (χ4v) is 3.21. The molecule has 3 nitrogen and oxygen atoms in total. The van der Waals surface area contributed by atoms with Gasteiger partial charge < -0.3 is 5.32 Å². The number of hydrogen-bond acceptors (Lipinski definition) is 4. The monoisotopic (exact) mass is 347 g/mol. The molecule has 8 heteroatoms. The summed E-state index contributed by atoms with van der Waals surface area (Å²) in [5.74, 6) is -0.752. The lowest BCUT2D eigenvalue weighted by atomic mass is 10.2. The van der Waals surface area contributed by atoms with Crippen LogP contribution in [0, 0.1) is 0 Å². The van der Waals surface area contributed by atoms with Gasteiger partial charge in [-0.1, -0.05) is 0 Å². The van der Waals surface area contributed by atoms with Gasteiger partial charge in [0.2, 0.25) is 11.7 Å². The standard InChI is InChI=1S/C14H12F3NO2S2/c15-14(16,17)5-3-12(19)18-7-10-1-2-11(22-10)13(20)9-4-6-21-8-9/h1-2,4,6,8H,3,5,7H2,(H,18,19). The predicted molar refractivity (Wildman–Crippen MR) is 79.2 cm³/mol. The molecule has 2 rings (SSSR count). The molecule has 22 heavy (non-hydrogen) atoms. The second kappa shape index (κ2) is 7.06. The van der Waals surface area contributed by atoms with E-state index >= 15 is 0 Å². The number of thiophene rings is 2. The van der Waals surface area contributed by atoms with E-state index < -0.39 is 24.9 Å². The highest BCUT2D eigenvalue weighted by Crippen LogP contribution is 2.22. The Bertz CT molecular complexity index is 647. The molecule has 0 saturated heterocycles. The minimum absolute atomic E-state index is 0.0964. The van der Waals surface area contributed by atoms with E-state index in [1.807, 2.05) is 5.38 Å². The minimum atomic E-state index is -4.33. The van der Waals surface area contributed by atoms with Gasteiger partial charge in [-0.15, -0.1) is 11.3 Å². The lowest BCUT2D eigenvalue weighted by Gasteiger charge is -2.06. The van der Waals surface area contributed by atoms with Crippen LogP contribution in [0.1, 0.15) is 33.0 Å². The van der Waals surface area contributed by atoms with Gasteiger partial charge >= 0.3 is 6.18 Å². The van der Waals surface area contributed by atoms with Gasteiger partial charge in [0, 0.05) is 22.2 Å². The molecule has 0 radical (unpaired) electrons. The SMILES string of the molecule is O=C(CCC(F)(F)F)NCc1ccc(C(=O)c2ccsc2)s1. The van der Waals surface area contributed by atoms with Crippen molar-refractivity contribution in [1.29, 1.82) is 0 Å². The largest absolute Gasteiger partial charge is 0.389 e. The molecule has 0 unspecified atom stereocenters. The van der Waals surface area contributed by atoms with Gasteiger partial charge in [-0.2, -0.15) is 24.5 Å². The summed E-state index contributed by atoms with van der Waals surface area (Å²) in [4.78, 5) is 24.7. The highest BCUT2D eigenvalue weighted by Gasteiger charge is 2.27. The lowest BCUT2D eigenvalue weighted by molar-refractivity contribution is -0.144. The molecule has 0 aromatic carbocycles. The Hall–Kier alpha value is -1.67. The molecule has 2 aromatic rings. The Morgan fingerprint density at radius 1 is 1.18 bits per heavy atom. The maximum atomic E-state index is 12.1. The van der Waals surface area contributed by atoms with Crippen LogP contribution in [0.2, 0.25) is 0 Å². The first-order chi connectivity index (χ1) is 10.3. The molecule has 0 bridgehead atoms. The smallest absolute Gasteiger partial charge is 0.351 e. The van der Waals surface area contributed by atoms with Crippen LogP contribution in [0.25, 0.3) is 0 Å². The first-order valence-electron chi connectivity index (χ1n) is 6.34. The normalized spacial score (nSPS) is 11.4. The fraction of sp³-hybridized carbons (Fsp3) is 0.286. The summed E-state index contributed by atoms with van der Waals surface area (Å²) in [5.41, 5.74) is 0.604. The lowest BCUT2D eigenvalue weighted by Crippen LogP contribution is -2.24. The van der Waals surface area contributed by atoms with Crippen molar-refractivity contribution < 1.29 is 22.8 Å². The van der Waals surface area contributed by atoms with Crippen molar-refractivity contribution >= 4 is 34.4 Å². The van der Waals surface area contributed by atoms with E-state index in [9.17, 15) is 22.8 Å². The summed E-state index contributed by atoms with van der Waals surface area (Å²) in [7, 11) is 0. The van der Waals surface area contributed by atoms with Crippen LogP contribution in [0.4, 0.5) is 13.2 Å². The molecule has 0 atom stereocenters. The number of ketones is 1. The van der Waals surface area contributed by atoms with Crippen LogP contribution in [0.3, 0.4) is 0 Å². The average molecular weight is 347 g/mol. The zero-order valence-corrected chi connectivity index (χ0v) is 12.9. The van der Waals surface area contributed by atoms with E-state index in [4.69, 9.17) is 0 Å². The van der Waals surface area contributed by atoms with Crippen molar-refractivity contribution in [1.82, 2.24) is 5.32 Å². The molecule has 0 spiro atoms. The van der Waals surface area contributed by atoms with E-state index in [0.29, 0.717) is 10.4 Å². The van der Waals surface area contributed by atoms with Gasteiger partial charge in [-0.25, -0.2) is 0 Å². The first-order valence-corrected chi connectivity index (χ1v) is 8.10. The summed E-state index contributed by atoms with van der Waals surface area (Å²) < 4.78 is 36.0. The summed E-state index contributed by atoms with van der Waals surface area (Å²) in [5, 5.41) is 5.98. The number of amides is 1. The third-order valence-corrected chi connectivity index (χ3v) is 4.53. The van der Waals surface area contributed by atoms with Crippen LogP contribution in [0.15, 0.2) is 29.0 Å². The summed E-state index contributed by atoms with van der Waals surface area (Å²) in [6.45, 7) is 0.123. The Kier molecular flexibility index (Phi) is 5.36. The van der Waals surface area contributed by atoms with Crippen molar-refractivity contribution in [2.24, 2.45) is 0 Å². The van der Waals surface area contributed by atoms with E-state index in [1.165, 1.54) is 22.7 Å². The van der Waals surface area contributed by atoms with E-state index in [-0.39, 0.29) is 12.3 Å². The van der Waals surface area contributed by atoms with Crippen molar-refractivity contribution in [3.8, 4) is 0 Å². The van der Waals surface area contributed by atoms with Gasteiger partial charge in [-0.3, -0.25) is 9.59 Å². The molecule has 2 aromatic heterocycles. The molecular formula is C14H12F3NO2S2. The molecule has 0 fully saturated rings. The van der Waals surface area contributed by atoms with E-state index in [0.717, 1.165) is 4.88 Å². The minimum Gasteiger partial charge on any atom is -0.351 e. The molecular weight excluding hydrogens is 335 g/mol. The van der Waals surface area contributed by atoms with Crippen LogP contribution in [-0.2, 0) is 11.3 Å². The van der Waals surface area contributed by atoms with Crippen molar-refractivity contribution in [3.63, 3.8) is 0 Å². The van der Waals surface area contributed by atoms with Crippen LogP contribution in [-0.4, -0.2) is 17.9 Å². The number of carbonyl (C=O) groups excluding carboxylic acids is 2. The molecule has 2 heterocycles. The summed E-state index contributed by atoms with van der Waals surface area (Å²) >= 11 is 2.65. The van der Waals surface area contributed by atoms with Crippen LogP contribution in [0.5, 0.6) is 0 Å². The molecule has 1 amide bonds. The van der Waals surface area contributed by atoms with Crippen molar-refractivity contribution in [2.75, 3.05) is 0 Å². The number of alkyl halides is 3. The van der Waals surface area contributed by atoms with Crippen LogP contribution >= 0.6 is 22.7 Å². The second-order valence-corrected chi connectivity index (χ2v) is 6.45. The Morgan fingerprint density at radius 2 is 1.95 bits per heavy atom. The Balaban J connectivity index is 1.85. The summed E-state index contributed by atoms with van der Waals surface area (Å²) in [6, 6.07) is 5.07. The fourth-order valence-electron chi connectivity index (χ4n) is 1.66. The highest BCUT2D eigenvalue weighted by atomic mass is 32.1. The molecule has 0 saturated carbocycles. The third kappa shape index (κ3) is 4.96. The molecule has 0 aliphatic heterocycles. The number of nitrogens with one attached hydrogen (secondary N) is 1. The quantitative estimate of drug-likeness (QED) is 0.803. The Morgan fingerprint density at radius 3 is 2.59 bits per heavy atom. The highest BCUT2D eigenvalue weighted by molar-refractivity contribution is 7.14. The summed E-state index contributed by atoms with van der Waals surface area (Å²) in [6.07, 6.45) is -6.05. The first kappa shape index (κ1) is 16.7. The third-order valence-electron chi connectivity index (χ3n) is 2.76. The number of rotatable bonds is 6. The van der Waals surface area contributed by atoms with Crippen LogP contribution < -0.4 is 5.32 Å². The zero-order valence-electron chi connectivity index (χ0n) is 11.3. The van der Waals surface area contributed by atoms with Crippen molar-refractivity contribution in [3.05, 3.63) is 44.3 Å². The van der Waals surface area contributed by atoms with Crippen molar-refractivity contribution in [2.45, 2.75) is 25.6 Å². The van der Waals surface area contributed by atoms with Gasteiger partial charge in [0.1, 0.15) is 0 Å². The van der Waals surface area contributed by atoms with E-state index in [2.05, 4.69) is 5.32 Å². The molecule has 1 N–H and O–H groups in total.